The maximum Gasteiger partial charge on any atom is 0.316 e. The molecule has 156 valence electrons. The fourth-order valence-electron chi connectivity index (χ4n) is 4.39. The van der Waals surface area contributed by atoms with Crippen LogP contribution in [0.2, 0.25) is 5.02 Å². The molecule has 1 aliphatic carbocycles. The van der Waals surface area contributed by atoms with E-state index in [1.54, 1.807) is 25.1 Å². The minimum atomic E-state index is -0.688. The van der Waals surface area contributed by atoms with Gasteiger partial charge in [0.1, 0.15) is 0 Å². The van der Waals surface area contributed by atoms with Crippen LogP contribution in [0.25, 0.3) is 11.0 Å². The van der Waals surface area contributed by atoms with E-state index in [-0.39, 0.29) is 11.9 Å². The SMILES string of the molecule is CCn1c(=O)c(=O)[nH]c2cc(C(=O)NC(c3ccc(Cl)cc3)C3CCCC3)ccc21. The van der Waals surface area contributed by atoms with E-state index in [1.807, 2.05) is 24.3 Å². The summed E-state index contributed by atoms with van der Waals surface area (Å²) in [5, 5.41) is 3.85. The highest BCUT2D eigenvalue weighted by Gasteiger charge is 2.28. The quantitative estimate of drug-likeness (QED) is 0.605. The fraction of sp³-hybridized carbons (Fsp3) is 0.348. The van der Waals surface area contributed by atoms with Gasteiger partial charge in [0, 0.05) is 17.1 Å². The number of nitrogens with zero attached hydrogens (tertiary/aromatic N) is 1. The highest BCUT2D eigenvalue weighted by atomic mass is 35.5. The lowest BCUT2D eigenvalue weighted by atomic mass is 9.91. The number of halogens is 1. The van der Waals surface area contributed by atoms with E-state index in [2.05, 4.69) is 10.3 Å². The molecule has 1 atom stereocenters. The number of amides is 1. The average molecular weight is 426 g/mol. The van der Waals surface area contributed by atoms with Crippen LogP contribution in [0.1, 0.15) is 54.6 Å². The van der Waals surface area contributed by atoms with Gasteiger partial charge in [-0.15, -0.1) is 0 Å². The number of aryl methyl sites for hydroxylation is 1. The van der Waals surface area contributed by atoms with Crippen molar-refractivity contribution in [3.05, 3.63) is 79.3 Å². The van der Waals surface area contributed by atoms with Crippen LogP contribution < -0.4 is 16.4 Å². The monoisotopic (exact) mass is 425 g/mol. The van der Waals surface area contributed by atoms with Crippen LogP contribution in [0, 0.1) is 5.92 Å². The van der Waals surface area contributed by atoms with Gasteiger partial charge in [-0.25, -0.2) is 0 Å². The normalized spacial score (nSPS) is 15.4. The number of aromatic nitrogens is 2. The number of carbonyl (C=O) groups is 1. The maximum atomic E-state index is 13.1. The van der Waals surface area contributed by atoms with Gasteiger partial charge in [-0.05, 0) is 61.6 Å². The van der Waals surface area contributed by atoms with E-state index in [4.69, 9.17) is 11.6 Å². The van der Waals surface area contributed by atoms with Crippen molar-refractivity contribution in [2.45, 2.75) is 45.2 Å². The molecule has 2 aromatic carbocycles. The van der Waals surface area contributed by atoms with Crippen molar-refractivity contribution in [1.82, 2.24) is 14.9 Å². The zero-order chi connectivity index (χ0) is 21.3. The first-order valence-electron chi connectivity index (χ1n) is 10.3. The summed E-state index contributed by atoms with van der Waals surface area (Å²) in [6.45, 7) is 2.18. The van der Waals surface area contributed by atoms with Crippen LogP contribution in [0.15, 0.2) is 52.1 Å². The van der Waals surface area contributed by atoms with Crippen molar-refractivity contribution >= 4 is 28.5 Å². The van der Waals surface area contributed by atoms with E-state index in [9.17, 15) is 14.4 Å². The molecule has 0 spiro atoms. The number of carbonyl (C=O) groups excluding carboxylic acids is 1. The Morgan fingerprint density at radius 2 is 1.87 bits per heavy atom. The molecule has 0 bridgehead atoms. The first-order valence-corrected chi connectivity index (χ1v) is 10.7. The molecule has 1 heterocycles. The second-order valence-corrected chi connectivity index (χ2v) is 8.22. The smallest absolute Gasteiger partial charge is 0.316 e. The van der Waals surface area contributed by atoms with E-state index in [0.29, 0.717) is 34.1 Å². The van der Waals surface area contributed by atoms with E-state index in [1.165, 1.54) is 4.57 Å². The van der Waals surface area contributed by atoms with Gasteiger partial charge in [0.2, 0.25) is 0 Å². The molecule has 0 aliphatic heterocycles. The number of hydrogen-bond acceptors (Lipinski definition) is 3. The Morgan fingerprint density at radius 1 is 1.17 bits per heavy atom. The summed E-state index contributed by atoms with van der Waals surface area (Å²) in [4.78, 5) is 39.7. The zero-order valence-corrected chi connectivity index (χ0v) is 17.5. The Bertz CT molecular complexity index is 1190. The first kappa shape index (κ1) is 20.4. The Balaban J connectivity index is 1.67. The lowest BCUT2D eigenvalue weighted by molar-refractivity contribution is 0.0922. The van der Waals surface area contributed by atoms with Crippen LogP contribution >= 0.6 is 11.6 Å². The largest absolute Gasteiger partial charge is 0.345 e. The zero-order valence-electron chi connectivity index (χ0n) is 16.8. The third-order valence-corrected chi connectivity index (χ3v) is 6.19. The second-order valence-electron chi connectivity index (χ2n) is 7.78. The first-order chi connectivity index (χ1) is 14.5. The van der Waals surface area contributed by atoms with Crippen LogP contribution in [-0.4, -0.2) is 15.5 Å². The molecule has 1 fully saturated rings. The molecular formula is C23H24ClN3O3. The molecule has 1 aromatic heterocycles. The van der Waals surface area contributed by atoms with Crippen LogP contribution in [0.4, 0.5) is 0 Å². The van der Waals surface area contributed by atoms with Gasteiger partial charge >= 0.3 is 11.1 Å². The average Bonchev–Trinajstić information content (AvgIpc) is 3.28. The number of hydrogen-bond donors (Lipinski definition) is 2. The van der Waals surface area contributed by atoms with Crippen LogP contribution in [0.5, 0.6) is 0 Å². The molecule has 7 heteroatoms. The molecule has 3 aromatic rings. The van der Waals surface area contributed by atoms with Gasteiger partial charge in [-0.2, -0.15) is 0 Å². The summed E-state index contributed by atoms with van der Waals surface area (Å²) in [7, 11) is 0. The number of aromatic amines is 1. The van der Waals surface area contributed by atoms with Crippen molar-refractivity contribution in [3.8, 4) is 0 Å². The molecule has 1 saturated carbocycles. The van der Waals surface area contributed by atoms with E-state index >= 15 is 0 Å². The van der Waals surface area contributed by atoms with Crippen LogP contribution in [-0.2, 0) is 6.54 Å². The summed E-state index contributed by atoms with van der Waals surface area (Å²) >= 11 is 6.04. The number of H-pyrrole nitrogens is 1. The van der Waals surface area contributed by atoms with E-state index < -0.39 is 11.1 Å². The van der Waals surface area contributed by atoms with Crippen molar-refractivity contribution < 1.29 is 4.79 Å². The number of benzene rings is 2. The Labute approximate surface area is 178 Å². The van der Waals surface area contributed by atoms with Crippen LogP contribution in [0.3, 0.4) is 0 Å². The fourth-order valence-corrected chi connectivity index (χ4v) is 4.52. The summed E-state index contributed by atoms with van der Waals surface area (Å²) in [5.74, 6) is 0.166. The molecule has 6 nitrogen and oxygen atoms in total. The molecule has 4 rings (SSSR count). The predicted octanol–water partition coefficient (Wildman–Crippen LogP) is 4.02. The predicted molar refractivity (Wildman–Crippen MR) is 118 cm³/mol. The van der Waals surface area contributed by atoms with Gasteiger partial charge in [-0.3, -0.25) is 14.4 Å². The topological polar surface area (TPSA) is 84.0 Å². The van der Waals surface area contributed by atoms with Gasteiger partial charge < -0.3 is 14.9 Å². The van der Waals surface area contributed by atoms with Crippen molar-refractivity contribution in [2.24, 2.45) is 5.92 Å². The molecule has 2 N–H and O–H groups in total. The Hall–Kier alpha value is -2.86. The molecule has 0 saturated heterocycles. The Morgan fingerprint density at radius 3 is 2.53 bits per heavy atom. The highest BCUT2D eigenvalue weighted by molar-refractivity contribution is 6.30. The molecule has 1 amide bonds. The maximum absolute atomic E-state index is 13.1. The molecule has 0 radical (unpaired) electrons. The summed E-state index contributed by atoms with van der Waals surface area (Å²) in [6, 6.07) is 12.5. The third kappa shape index (κ3) is 3.92. The van der Waals surface area contributed by atoms with Gasteiger partial charge in [0.25, 0.3) is 5.91 Å². The third-order valence-electron chi connectivity index (χ3n) is 5.94. The number of fused-ring (bicyclic) bond motifs is 1. The lowest BCUT2D eigenvalue weighted by Gasteiger charge is -2.25. The van der Waals surface area contributed by atoms with Gasteiger partial charge in [-0.1, -0.05) is 36.6 Å². The Kier molecular flexibility index (Phi) is 5.77. The standard InChI is InChI=1S/C23H24ClN3O3/c1-2-27-19-12-9-16(13-18(19)25-22(29)23(27)30)21(28)26-20(14-5-3-4-6-14)15-7-10-17(24)11-8-15/h7-14,20H,2-6H2,1H3,(H,25,29)(H,26,28). The van der Waals surface area contributed by atoms with Crippen molar-refractivity contribution in [3.63, 3.8) is 0 Å². The minimum Gasteiger partial charge on any atom is -0.345 e. The van der Waals surface area contributed by atoms with Gasteiger partial charge in [0.15, 0.2) is 0 Å². The highest BCUT2D eigenvalue weighted by Crippen LogP contribution is 2.36. The van der Waals surface area contributed by atoms with Crippen molar-refractivity contribution in [2.75, 3.05) is 0 Å². The second kappa shape index (κ2) is 8.48. The summed E-state index contributed by atoms with van der Waals surface area (Å²) in [6.07, 6.45) is 4.47. The van der Waals surface area contributed by atoms with Gasteiger partial charge in [0.05, 0.1) is 17.1 Å². The minimum absolute atomic E-state index is 0.100. The summed E-state index contributed by atoms with van der Waals surface area (Å²) in [5.41, 5.74) is 1.27. The van der Waals surface area contributed by atoms with E-state index in [0.717, 1.165) is 31.2 Å². The molecule has 1 unspecified atom stereocenters. The molecule has 1 aliphatic rings. The molecule has 30 heavy (non-hydrogen) atoms. The number of rotatable bonds is 5. The number of nitrogens with one attached hydrogen (secondary N) is 2. The van der Waals surface area contributed by atoms with Crippen molar-refractivity contribution in [1.29, 1.82) is 0 Å². The molecular weight excluding hydrogens is 402 g/mol. The lowest BCUT2D eigenvalue weighted by Crippen LogP contribution is -2.36. The summed E-state index contributed by atoms with van der Waals surface area (Å²) < 4.78 is 1.41.